The smallest absolute Gasteiger partial charge is 0.413 e. The van der Waals surface area contributed by atoms with Crippen molar-refractivity contribution in [1.82, 2.24) is 4.90 Å². The molecule has 1 amide bonds. The molecule has 7 heteroatoms. The third-order valence-electron chi connectivity index (χ3n) is 4.42. The lowest BCUT2D eigenvalue weighted by Crippen LogP contribution is -2.46. The number of rotatable bonds is 8. The van der Waals surface area contributed by atoms with Crippen LogP contribution >= 0.6 is 0 Å². The Hall–Kier alpha value is -2.83. The number of nitrogens with zero attached hydrogens (tertiary/aromatic N) is 1. The highest BCUT2D eigenvalue weighted by Crippen LogP contribution is 2.39. The lowest BCUT2D eigenvalue weighted by Gasteiger charge is -2.35. The summed E-state index contributed by atoms with van der Waals surface area (Å²) >= 11 is 0. The van der Waals surface area contributed by atoms with Crippen LogP contribution in [0.15, 0.2) is 60.7 Å². The zero-order valence-corrected chi connectivity index (χ0v) is 15.4. The van der Waals surface area contributed by atoms with Gasteiger partial charge in [0.05, 0.1) is 5.92 Å². The van der Waals surface area contributed by atoms with Crippen molar-refractivity contribution in [2.75, 3.05) is 6.54 Å². The van der Waals surface area contributed by atoms with E-state index in [2.05, 4.69) is 0 Å². The summed E-state index contributed by atoms with van der Waals surface area (Å²) in [7, 11) is 0. The molecule has 0 spiro atoms. The number of hydrogen-bond donors (Lipinski definition) is 1. The number of aliphatic carboxylic acids is 1. The highest BCUT2D eigenvalue weighted by Gasteiger charge is 2.47. The molecular weight excluding hydrogens is 371 g/mol. The average molecular weight is 393 g/mol. The number of alkyl halides is 3. The molecular formula is C21H22F3NO3. The summed E-state index contributed by atoms with van der Waals surface area (Å²) in [4.78, 5) is 25.2. The number of halogens is 3. The van der Waals surface area contributed by atoms with Gasteiger partial charge in [-0.1, -0.05) is 61.9 Å². The predicted octanol–water partition coefficient (Wildman–Crippen LogP) is 4.93. The van der Waals surface area contributed by atoms with Crippen LogP contribution in [0.5, 0.6) is 0 Å². The van der Waals surface area contributed by atoms with Gasteiger partial charge in [-0.15, -0.1) is 0 Å². The maximum atomic E-state index is 14.0. The fourth-order valence-electron chi connectivity index (χ4n) is 3.11. The van der Waals surface area contributed by atoms with Crippen LogP contribution in [0.3, 0.4) is 0 Å². The summed E-state index contributed by atoms with van der Waals surface area (Å²) in [6.07, 6.45) is -4.11. The Bertz CT molecular complexity index is 778. The molecule has 0 aliphatic carbocycles. The van der Waals surface area contributed by atoms with E-state index in [-0.39, 0.29) is 17.5 Å². The Labute approximate surface area is 161 Å². The number of carbonyl (C=O) groups is 2. The first-order valence-electron chi connectivity index (χ1n) is 8.96. The van der Waals surface area contributed by atoms with Gasteiger partial charge in [-0.3, -0.25) is 9.59 Å². The van der Waals surface area contributed by atoms with Crippen molar-refractivity contribution < 1.29 is 27.9 Å². The summed E-state index contributed by atoms with van der Waals surface area (Å²) < 4.78 is 42.1. The van der Waals surface area contributed by atoms with E-state index in [9.17, 15) is 27.9 Å². The monoisotopic (exact) mass is 393 g/mol. The Morgan fingerprint density at radius 2 is 1.54 bits per heavy atom. The van der Waals surface area contributed by atoms with Gasteiger partial charge in [0.15, 0.2) is 6.04 Å². The number of hydrogen-bond acceptors (Lipinski definition) is 2. The van der Waals surface area contributed by atoms with Gasteiger partial charge in [-0.2, -0.15) is 13.2 Å². The summed E-state index contributed by atoms with van der Waals surface area (Å²) in [6.45, 7) is 1.22. The second-order valence-electron chi connectivity index (χ2n) is 6.50. The predicted molar refractivity (Wildman–Crippen MR) is 98.8 cm³/mol. The van der Waals surface area contributed by atoms with Crippen molar-refractivity contribution in [1.29, 1.82) is 0 Å². The molecule has 2 atom stereocenters. The Morgan fingerprint density at radius 1 is 1.00 bits per heavy atom. The van der Waals surface area contributed by atoms with E-state index in [4.69, 9.17) is 0 Å². The highest BCUT2D eigenvalue weighted by atomic mass is 19.4. The molecule has 0 bridgehead atoms. The van der Waals surface area contributed by atoms with E-state index in [0.717, 1.165) is 0 Å². The number of carboxylic acids is 1. The number of carbonyl (C=O) groups excluding carboxylic acids is 1. The second-order valence-corrected chi connectivity index (χ2v) is 6.50. The first-order valence-corrected chi connectivity index (χ1v) is 8.96. The minimum absolute atomic E-state index is 0.0771. The normalized spacial score (nSPS) is 13.6. The lowest BCUT2D eigenvalue weighted by atomic mass is 9.98. The maximum absolute atomic E-state index is 14.0. The Balaban J connectivity index is 2.53. The van der Waals surface area contributed by atoms with Crippen LogP contribution in [0, 0.1) is 5.92 Å². The van der Waals surface area contributed by atoms with Gasteiger partial charge in [-0.05, 0) is 24.1 Å². The van der Waals surface area contributed by atoms with E-state index >= 15 is 0 Å². The molecule has 28 heavy (non-hydrogen) atoms. The summed E-state index contributed by atoms with van der Waals surface area (Å²) in [6, 6.07) is 12.4. The first kappa shape index (κ1) is 21.5. The summed E-state index contributed by atoms with van der Waals surface area (Å²) in [5, 5.41) is 9.44. The molecule has 0 fully saturated rings. The molecule has 2 aromatic rings. The maximum Gasteiger partial charge on any atom is 0.413 e. The van der Waals surface area contributed by atoms with Crippen LogP contribution in [0.1, 0.15) is 41.7 Å². The van der Waals surface area contributed by atoms with Crippen LogP contribution in [-0.2, 0) is 4.79 Å². The van der Waals surface area contributed by atoms with Crippen LogP contribution in [0.2, 0.25) is 0 Å². The van der Waals surface area contributed by atoms with Gasteiger partial charge < -0.3 is 10.0 Å². The van der Waals surface area contributed by atoms with Gasteiger partial charge in [0.2, 0.25) is 0 Å². The molecule has 0 aliphatic heterocycles. The number of amides is 1. The summed E-state index contributed by atoms with van der Waals surface area (Å²) in [5.74, 6) is -3.16. The summed E-state index contributed by atoms with van der Waals surface area (Å²) in [5.41, 5.74) is -0.0340. The fourth-order valence-corrected chi connectivity index (χ4v) is 3.11. The van der Waals surface area contributed by atoms with Crippen LogP contribution in [-0.4, -0.2) is 34.6 Å². The molecule has 0 saturated carbocycles. The van der Waals surface area contributed by atoms with Crippen LogP contribution in [0.25, 0.3) is 0 Å². The molecule has 150 valence electrons. The molecule has 0 aliphatic rings. The molecule has 2 aromatic carbocycles. The van der Waals surface area contributed by atoms with E-state index in [1.54, 1.807) is 31.2 Å². The lowest BCUT2D eigenvalue weighted by molar-refractivity contribution is -0.182. The van der Waals surface area contributed by atoms with E-state index in [0.29, 0.717) is 11.3 Å². The van der Waals surface area contributed by atoms with E-state index in [1.807, 2.05) is 0 Å². The average Bonchev–Trinajstić information content (AvgIpc) is 2.66. The molecule has 2 rings (SSSR count). The second kappa shape index (κ2) is 9.39. The van der Waals surface area contributed by atoms with Gasteiger partial charge in [0.1, 0.15) is 0 Å². The van der Waals surface area contributed by atoms with Gasteiger partial charge >= 0.3 is 12.1 Å². The Kier molecular flexibility index (Phi) is 7.20. The fraction of sp³-hybridized carbons (Fsp3) is 0.333. The van der Waals surface area contributed by atoms with E-state index in [1.165, 1.54) is 36.4 Å². The van der Waals surface area contributed by atoms with Crippen LogP contribution in [0.4, 0.5) is 13.2 Å². The van der Waals surface area contributed by atoms with Crippen molar-refractivity contribution >= 4 is 11.9 Å². The third kappa shape index (κ3) is 5.34. The van der Waals surface area contributed by atoms with Crippen molar-refractivity contribution in [2.24, 2.45) is 5.92 Å². The topological polar surface area (TPSA) is 57.6 Å². The zero-order chi connectivity index (χ0) is 20.7. The first-order chi connectivity index (χ1) is 13.3. The number of carboxylic acid groups (broad SMARTS) is 1. The van der Waals surface area contributed by atoms with E-state index < -0.39 is 36.6 Å². The zero-order valence-electron chi connectivity index (χ0n) is 15.4. The minimum atomic E-state index is -4.76. The van der Waals surface area contributed by atoms with Crippen molar-refractivity contribution in [2.45, 2.75) is 32.0 Å². The molecule has 4 nitrogen and oxygen atoms in total. The molecule has 0 radical (unpaired) electrons. The quantitative estimate of drug-likeness (QED) is 0.692. The molecule has 2 unspecified atom stereocenters. The number of benzene rings is 2. The Morgan fingerprint density at radius 3 is 2.00 bits per heavy atom. The largest absolute Gasteiger partial charge is 0.481 e. The molecule has 0 aromatic heterocycles. The molecule has 1 N–H and O–H groups in total. The van der Waals surface area contributed by atoms with Gasteiger partial charge in [-0.25, -0.2) is 0 Å². The highest BCUT2D eigenvalue weighted by molar-refractivity contribution is 5.94. The minimum Gasteiger partial charge on any atom is -0.481 e. The third-order valence-corrected chi connectivity index (χ3v) is 4.42. The molecule has 0 heterocycles. The molecule has 0 saturated heterocycles. The van der Waals surface area contributed by atoms with Crippen molar-refractivity contribution in [3.05, 3.63) is 71.8 Å². The van der Waals surface area contributed by atoms with Crippen LogP contribution < -0.4 is 0 Å². The van der Waals surface area contributed by atoms with Gasteiger partial charge in [0, 0.05) is 12.1 Å². The standard InChI is InChI=1S/C21H22F3NO3/c1-2-9-17(20(27)28)14-25(19(26)16-12-7-4-8-13-16)18(21(22,23)24)15-10-5-3-6-11-15/h3-8,10-13,17-18H,2,9,14H2,1H3,(H,27,28). The van der Waals surface area contributed by atoms with Gasteiger partial charge in [0.25, 0.3) is 5.91 Å². The SMILES string of the molecule is CCCC(CN(C(=O)c1ccccc1)C(c1ccccc1)C(F)(F)F)C(=O)O. The van der Waals surface area contributed by atoms with Crippen molar-refractivity contribution in [3.8, 4) is 0 Å². The van der Waals surface area contributed by atoms with Crippen molar-refractivity contribution in [3.63, 3.8) is 0 Å².